The summed E-state index contributed by atoms with van der Waals surface area (Å²) in [4.78, 5) is 20.3. The van der Waals surface area contributed by atoms with Crippen LogP contribution in [0.1, 0.15) is 5.56 Å². The SMILES string of the molecule is O=C(Cl)Oc1ccccc1.O=C(O)/C=C/c1ccc(O)c(O)c1. The van der Waals surface area contributed by atoms with Gasteiger partial charge in [0, 0.05) is 17.7 Å². The van der Waals surface area contributed by atoms with Gasteiger partial charge in [0.1, 0.15) is 5.75 Å². The fraction of sp³-hybridized carbons (Fsp3) is 0. The number of halogens is 1. The highest BCUT2D eigenvalue weighted by Crippen LogP contribution is 2.25. The van der Waals surface area contributed by atoms with Gasteiger partial charge in [0.25, 0.3) is 0 Å². The summed E-state index contributed by atoms with van der Waals surface area (Å²) in [5.41, 5.74) is -0.302. The molecular formula is C16H13ClO6. The van der Waals surface area contributed by atoms with E-state index in [-0.39, 0.29) is 11.5 Å². The number of para-hydroxylation sites is 1. The van der Waals surface area contributed by atoms with Gasteiger partial charge in [-0.2, -0.15) is 0 Å². The van der Waals surface area contributed by atoms with Gasteiger partial charge in [0.05, 0.1) is 0 Å². The molecule has 0 saturated heterocycles. The van der Waals surface area contributed by atoms with Crippen molar-refractivity contribution < 1.29 is 29.6 Å². The van der Waals surface area contributed by atoms with Crippen LogP contribution < -0.4 is 4.74 Å². The summed E-state index contributed by atoms with van der Waals surface area (Å²) in [5.74, 6) is -1.10. The Balaban J connectivity index is 0.000000238. The van der Waals surface area contributed by atoms with Crippen molar-refractivity contribution in [1.82, 2.24) is 0 Å². The Morgan fingerprint density at radius 3 is 2.17 bits per heavy atom. The highest BCUT2D eigenvalue weighted by Gasteiger charge is 1.98. The topological polar surface area (TPSA) is 104 Å². The summed E-state index contributed by atoms with van der Waals surface area (Å²) in [6.45, 7) is 0. The molecule has 0 bridgehead atoms. The van der Waals surface area contributed by atoms with Crippen LogP contribution in [0.3, 0.4) is 0 Å². The van der Waals surface area contributed by atoms with Crippen molar-refractivity contribution in [2.45, 2.75) is 0 Å². The largest absolute Gasteiger partial charge is 0.504 e. The Morgan fingerprint density at radius 1 is 1.00 bits per heavy atom. The van der Waals surface area contributed by atoms with Crippen molar-refractivity contribution in [3.8, 4) is 17.2 Å². The number of carbonyl (C=O) groups excluding carboxylic acids is 1. The predicted molar refractivity (Wildman–Crippen MR) is 84.8 cm³/mol. The second kappa shape index (κ2) is 9.11. The van der Waals surface area contributed by atoms with E-state index in [0.717, 1.165) is 6.08 Å². The van der Waals surface area contributed by atoms with E-state index >= 15 is 0 Å². The first-order valence-corrected chi connectivity index (χ1v) is 6.61. The number of phenols is 2. The summed E-state index contributed by atoms with van der Waals surface area (Å²) in [6.07, 6.45) is 2.27. The van der Waals surface area contributed by atoms with Crippen LogP contribution in [0.4, 0.5) is 4.79 Å². The van der Waals surface area contributed by atoms with E-state index in [1.807, 2.05) is 6.07 Å². The minimum Gasteiger partial charge on any atom is -0.504 e. The molecule has 0 heterocycles. The van der Waals surface area contributed by atoms with Gasteiger partial charge in [-0.15, -0.1) is 0 Å². The van der Waals surface area contributed by atoms with Crippen LogP contribution in [-0.4, -0.2) is 26.7 Å². The Bertz CT molecular complexity index is 697. The van der Waals surface area contributed by atoms with E-state index in [0.29, 0.717) is 11.3 Å². The van der Waals surface area contributed by atoms with Gasteiger partial charge >= 0.3 is 11.4 Å². The maximum atomic E-state index is 10.2. The summed E-state index contributed by atoms with van der Waals surface area (Å²) in [6, 6.07) is 12.7. The second-order valence-corrected chi connectivity index (χ2v) is 4.38. The average molecular weight is 337 g/mol. The molecule has 2 aromatic carbocycles. The number of carboxylic acids is 1. The molecule has 0 spiro atoms. The molecule has 0 aromatic heterocycles. The monoisotopic (exact) mass is 336 g/mol. The van der Waals surface area contributed by atoms with Crippen molar-refractivity contribution in [3.05, 3.63) is 60.2 Å². The zero-order chi connectivity index (χ0) is 17.2. The maximum absolute atomic E-state index is 10.2. The summed E-state index contributed by atoms with van der Waals surface area (Å²) >= 11 is 4.95. The first kappa shape index (κ1) is 18.1. The fourth-order valence-electron chi connectivity index (χ4n) is 1.39. The lowest BCUT2D eigenvalue weighted by molar-refractivity contribution is -0.131. The lowest BCUT2D eigenvalue weighted by Crippen LogP contribution is -1.94. The van der Waals surface area contributed by atoms with Gasteiger partial charge in [-0.25, -0.2) is 9.59 Å². The highest BCUT2D eigenvalue weighted by atomic mass is 35.5. The smallest absolute Gasteiger partial charge is 0.409 e. The van der Waals surface area contributed by atoms with Crippen molar-refractivity contribution in [3.63, 3.8) is 0 Å². The Kier molecular flexibility index (Phi) is 7.16. The third-order valence-electron chi connectivity index (χ3n) is 2.36. The van der Waals surface area contributed by atoms with Gasteiger partial charge in [-0.1, -0.05) is 24.3 Å². The predicted octanol–water partition coefficient (Wildman–Crippen LogP) is 3.62. The molecule has 23 heavy (non-hydrogen) atoms. The summed E-state index contributed by atoms with van der Waals surface area (Å²) < 4.78 is 4.54. The minimum atomic E-state index is -1.06. The molecule has 3 N–H and O–H groups in total. The number of carbonyl (C=O) groups is 2. The zero-order valence-electron chi connectivity index (χ0n) is 11.7. The molecule has 0 aliphatic carbocycles. The minimum absolute atomic E-state index is 0.229. The number of hydrogen-bond donors (Lipinski definition) is 3. The van der Waals surface area contributed by atoms with E-state index < -0.39 is 11.4 Å². The van der Waals surface area contributed by atoms with E-state index in [9.17, 15) is 9.59 Å². The van der Waals surface area contributed by atoms with E-state index in [1.165, 1.54) is 24.3 Å². The molecule has 7 heteroatoms. The lowest BCUT2D eigenvalue weighted by Gasteiger charge is -1.97. The normalized spacial score (nSPS) is 9.78. The van der Waals surface area contributed by atoms with Crippen LogP contribution in [0.2, 0.25) is 0 Å². The summed E-state index contributed by atoms with van der Waals surface area (Å²) in [5, 5.41) is 26.3. The van der Waals surface area contributed by atoms with E-state index in [4.69, 9.17) is 26.9 Å². The van der Waals surface area contributed by atoms with Crippen LogP contribution in [0.15, 0.2) is 54.6 Å². The molecule has 0 aliphatic heterocycles. The number of carboxylic acid groups (broad SMARTS) is 1. The average Bonchev–Trinajstić information content (AvgIpc) is 2.49. The molecule has 0 unspecified atom stereocenters. The van der Waals surface area contributed by atoms with Gasteiger partial charge in [0.15, 0.2) is 11.5 Å². The number of hydrogen-bond acceptors (Lipinski definition) is 5. The molecule has 0 atom stereocenters. The molecule has 0 aliphatic rings. The van der Waals surface area contributed by atoms with Gasteiger partial charge in [-0.3, -0.25) is 0 Å². The number of aromatic hydroxyl groups is 2. The molecular weight excluding hydrogens is 324 g/mol. The van der Waals surface area contributed by atoms with Gasteiger partial charge in [0.2, 0.25) is 0 Å². The third-order valence-corrected chi connectivity index (χ3v) is 2.44. The first-order chi connectivity index (χ1) is 10.9. The molecule has 0 saturated carbocycles. The standard InChI is InChI=1S/C9H8O4.C7H5ClO2/c10-7-3-1-6(5-8(7)11)2-4-9(12)13;8-7(9)10-6-4-2-1-3-5-6/h1-5,10-11H,(H,12,13);1-5H/b4-2+;. The van der Waals surface area contributed by atoms with Crippen LogP contribution in [0, 0.1) is 0 Å². The number of phenolic OH excluding ortho intramolecular Hbond substituents is 2. The van der Waals surface area contributed by atoms with E-state index in [1.54, 1.807) is 24.3 Å². The number of ether oxygens (including phenoxy) is 1. The second-order valence-electron chi connectivity index (χ2n) is 4.07. The molecule has 2 aromatic rings. The van der Waals surface area contributed by atoms with Gasteiger partial charge in [-0.05, 0) is 35.9 Å². The Hall–Kier alpha value is -2.99. The lowest BCUT2D eigenvalue weighted by atomic mass is 10.2. The summed E-state index contributed by atoms with van der Waals surface area (Å²) in [7, 11) is 0. The Labute approximate surface area is 136 Å². The van der Waals surface area contributed by atoms with Crippen LogP contribution >= 0.6 is 11.6 Å². The molecule has 2 rings (SSSR count). The van der Waals surface area contributed by atoms with Crippen molar-refractivity contribution in [2.24, 2.45) is 0 Å². The highest BCUT2D eigenvalue weighted by molar-refractivity contribution is 6.61. The molecule has 120 valence electrons. The van der Waals surface area contributed by atoms with Crippen molar-refractivity contribution in [1.29, 1.82) is 0 Å². The van der Waals surface area contributed by atoms with Crippen molar-refractivity contribution >= 4 is 29.1 Å². The fourth-order valence-corrected chi connectivity index (χ4v) is 1.48. The van der Waals surface area contributed by atoms with Gasteiger partial charge < -0.3 is 20.1 Å². The van der Waals surface area contributed by atoms with Crippen molar-refractivity contribution in [2.75, 3.05) is 0 Å². The molecule has 0 radical (unpaired) electrons. The molecule has 6 nitrogen and oxygen atoms in total. The third kappa shape index (κ3) is 7.54. The number of aliphatic carboxylic acids is 1. The number of rotatable bonds is 3. The zero-order valence-corrected chi connectivity index (χ0v) is 12.5. The van der Waals surface area contributed by atoms with Crippen LogP contribution in [0.25, 0.3) is 6.08 Å². The van der Waals surface area contributed by atoms with Crippen LogP contribution in [-0.2, 0) is 4.79 Å². The number of benzene rings is 2. The quantitative estimate of drug-likeness (QED) is 0.449. The van der Waals surface area contributed by atoms with E-state index in [2.05, 4.69) is 4.74 Å². The maximum Gasteiger partial charge on any atom is 0.409 e. The van der Waals surface area contributed by atoms with Crippen LogP contribution in [0.5, 0.6) is 17.2 Å². The molecule has 0 amide bonds. The first-order valence-electron chi connectivity index (χ1n) is 6.24. The molecule has 0 fully saturated rings. The Morgan fingerprint density at radius 2 is 1.65 bits per heavy atom.